The molecule has 0 aliphatic rings. The van der Waals surface area contributed by atoms with Gasteiger partial charge in [0.25, 0.3) is 5.91 Å². The molecule has 0 saturated heterocycles. The Morgan fingerprint density at radius 2 is 2.00 bits per heavy atom. The minimum absolute atomic E-state index is 0.193. The summed E-state index contributed by atoms with van der Waals surface area (Å²) in [6, 6.07) is 0. The lowest BCUT2D eigenvalue weighted by Gasteiger charge is -2.09. The summed E-state index contributed by atoms with van der Waals surface area (Å²) in [5.41, 5.74) is 1.77. The van der Waals surface area contributed by atoms with E-state index in [-0.39, 0.29) is 30.4 Å². The second-order valence-electron chi connectivity index (χ2n) is 6.67. The van der Waals surface area contributed by atoms with Gasteiger partial charge in [-0.1, -0.05) is 6.92 Å². The first kappa shape index (κ1) is 21.6. The summed E-state index contributed by atoms with van der Waals surface area (Å²) in [7, 11) is 3.28. The first-order valence-electron chi connectivity index (χ1n) is 9.05. The molecular formula is C19H26N4O4S. The van der Waals surface area contributed by atoms with Crippen LogP contribution >= 0.6 is 11.3 Å². The van der Waals surface area contributed by atoms with E-state index >= 15 is 0 Å². The van der Waals surface area contributed by atoms with E-state index in [4.69, 9.17) is 4.74 Å². The molecule has 0 atom stereocenters. The van der Waals surface area contributed by atoms with Crippen LogP contribution in [0.4, 0.5) is 5.00 Å². The summed E-state index contributed by atoms with van der Waals surface area (Å²) in [5, 5.41) is 7.26. The van der Waals surface area contributed by atoms with Crippen molar-refractivity contribution in [1.29, 1.82) is 0 Å². The summed E-state index contributed by atoms with van der Waals surface area (Å²) in [6.07, 6.45) is 4.45. The molecule has 0 saturated carbocycles. The predicted octanol–water partition coefficient (Wildman–Crippen LogP) is 2.86. The molecule has 0 unspecified atom stereocenters. The van der Waals surface area contributed by atoms with Crippen LogP contribution in [-0.4, -0.2) is 53.2 Å². The molecule has 2 aromatic rings. The van der Waals surface area contributed by atoms with Crippen molar-refractivity contribution < 1.29 is 19.1 Å². The van der Waals surface area contributed by atoms with Crippen LogP contribution in [0.3, 0.4) is 0 Å². The van der Waals surface area contributed by atoms with Crippen LogP contribution in [-0.2, 0) is 16.1 Å². The molecule has 2 amide bonds. The average molecular weight is 407 g/mol. The smallest absolute Gasteiger partial charge is 0.341 e. The van der Waals surface area contributed by atoms with E-state index in [0.29, 0.717) is 28.4 Å². The molecule has 0 aromatic carbocycles. The molecular weight excluding hydrogens is 380 g/mol. The van der Waals surface area contributed by atoms with Gasteiger partial charge in [-0.05, 0) is 31.4 Å². The van der Waals surface area contributed by atoms with Gasteiger partial charge in [0.2, 0.25) is 5.91 Å². The number of carbonyl (C=O) groups excluding carboxylic acids is 3. The van der Waals surface area contributed by atoms with Gasteiger partial charge in [0.1, 0.15) is 5.00 Å². The molecule has 2 heterocycles. The highest BCUT2D eigenvalue weighted by Crippen LogP contribution is 2.34. The van der Waals surface area contributed by atoms with Gasteiger partial charge in [-0.2, -0.15) is 5.10 Å². The van der Waals surface area contributed by atoms with Crippen molar-refractivity contribution in [2.45, 2.75) is 40.2 Å². The number of esters is 1. The Kier molecular flexibility index (Phi) is 7.33. The summed E-state index contributed by atoms with van der Waals surface area (Å²) in [6.45, 7) is 6.21. The lowest BCUT2D eigenvalue weighted by Crippen LogP contribution is -2.21. The van der Waals surface area contributed by atoms with E-state index in [0.717, 1.165) is 16.9 Å². The van der Waals surface area contributed by atoms with Gasteiger partial charge in [-0.3, -0.25) is 14.3 Å². The quantitative estimate of drug-likeness (QED) is 0.681. The van der Waals surface area contributed by atoms with E-state index in [9.17, 15) is 14.4 Å². The van der Waals surface area contributed by atoms with Crippen LogP contribution in [0.2, 0.25) is 0 Å². The minimum Gasteiger partial charge on any atom is -0.462 e. The zero-order chi connectivity index (χ0) is 20.8. The number of aryl methyl sites for hydroxylation is 2. The Bertz CT molecular complexity index is 869. The van der Waals surface area contributed by atoms with E-state index in [1.165, 1.54) is 4.90 Å². The molecule has 0 fully saturated rings. The Balaban J connectivity index is 2.22. The topological polar surface area (TPSA) is 93.5 Å². The van der Waals surface area contributed by atoms with Gasteiger partial charge in [-0.25, -0.2) is 4.79 Å². The summed E-state index contributed by atoms with van der Waals surface area (Å²) < 4.78 is 6.93. The fourth-order valence-corrected chi connectivity index (χ4v) is 3.75. The number of thiophene rings is 1. The van der Waals surface area contributed by atoms with Crippen molar-refractivity contribution >= 4 is 34.1 Å². The third-order valence-corrected chi connectivity index (χ3v) is 5.17. The molecule has 2 aromatic heterocycles. The third-order valence-electron chi connectivity index (χ3n) is 3.97. The summed E-state index contributed by atoms with van der Waals surface area (Å²) >= 11 is 1.09. The molecule has 152 valence electrons. The van der Waals surface area contributed by atoms with Crippen molar-refractivity contribution in [2.24, 2.45) is 0 Å². The Morgan fingerprint density at radius 1 is 1.29 bits per heavy atom. The van der Waals surface area contributed by atoms with Gasteiger partial charge in [0, 0.05) is 33.3 Å². The highest BCUT2D eigenvalue weighted by atomic mass is 32.1. The predicted molar refractivity (Wildman–Crippen MR) is 108 cm³/mol. The molecule has 0 radical (unpaired) electrons. The number of hydrogen-bond acceptors (Lipinski definition) is 6. The zero-order valence-corrected chi connectivity index (χ0v) is 17.7. The highest BCUT2D eigenvalue weighted by Gasteiger charge is 2.27. The zero-order valence-electron chi connectivity index (χ0n) is 16.9. The van der Waals surface area contributed by atoms with Crippen LogP contribution in [0.25, 0.3) is 0 Å². The normalized spacial score (nSPS) is 10.6. The lowest BCUT2D eigenvalue weighted by molar-refractivity contribution is -0.116. The van der Waals surface area contributed by atoms with Crippen molar-refractivity contribution in [2.75, 3.05) is 26.0 Å². The van der Waals surface area contributed by atoms with Crippen LogP contribution in [0.5, 0.6) is 0 Å². The second kappa shape index (κ2) is 9.50. The fraction of sp³-hybridized carbons (Fsp3) is 0.474. The second-order valence-corrected chi connectivity index (χ2v) is 7.70. The largest absolute Gasteiger partial charge is 0.462 e. The molecule has 0 aliphatic heterocycles. The van der Waals surface area contributed by atoms with E-state index in [1.54, 1.807) is 31.9 Å². The maximum Gasteiger partial charge on any atom is 0.341 e. The van der Waals surface area contributed by atoms with E-state index in [1.807, 2.05) is 20.0 Å². The number of amides is 2. The molecule has 0 spiro atoms. The monoisotopic (exact) mass is 406 g/mol. The fourth-order valence-electron chi connectivity index (χ4n) is 2.52. The number of hydrogen-bond donors (Lipinski definition) is 1. The SMILES string of the molecule is CCCOC(=O)c1c(NC(=O)CCn2cc(C)cn2)sc(C(=O)N(C)C)c1C. The number of rotatable bonds is 8. The maximum absolute atomic E-state index is 12.5. The molecule has 0 aliphatic carbocycles. The van der Waals surface area contributed by atoms with Gasteiger partial charge in [-0.15, -0.1) is 11.3 Å². The van der Waals surface area contributed by atoms with Crippen molar-refractivity contribution in [3.63, 3.8) is 0 Å². The third kappa shape index (κ3) is 5.19. The first-order chi connectivity index (χ1) is 13.2. The summed E-state index contributed by atoms with van der Waals surface area (Å²) in [4.78, 5) is 39.2. The van der Waals surface area contributed by atoms with Gasteiger partial charge in [0.15, 0.2) is 0 Å². The number of carbonyl (C=O) groups is 3. The van der Waals surface area contributed by atoms with Gasteiger partial charge in [0.05, 0.1) is 23.2 Å². The Labute approximate surface area is 168 Å². The number of aromatic nitrogens is 2. The molecule has 1 N–H and O–H groups in total. The standard InChI is InChI=1S/C19H26N4O4S/c1-6-9-27-19(26)15-13(3)16(18(25)22(4)5)28-17(15)21-14(24)7-8-23-11-12(2)10-20-23/h10-11H,6-9H2,1-5H3,(H,21,24). The van der Waals surface area contributed by atoms with Crippen LogP contribution < -0.4 is 5.32 Å². The lowest BCUT2D eigenvalue weighted by atomic mass is 10.1. The number of nitrogens with zero attached hydrogens (tertiary/aromatic N) is 3. The first-order valence-corrected chi connectivity index (χ1v) is 9.87. The molecule has 0 bridgehead atoms. The Morgan fingerprint density at radius 3 is 2.57 bits per heavy atom. The van der Waals surface area contributed by atoms with Crippen LogP contribution in [0.1, 0.15) is 50.9 Å². The van der Waals surface area contributed by atoms with Gasteiger partial charge < -0.3 is 15.0 Å². The van der Waals surface area contributed by atoms with Crippen LogP contribution in [0, 0.1) is 13.8 Å². The molecule has 9 heteroatoms. The number of nitrogens with one attached hydrogen (secondary N) is 1. The average Bonchev–Trinajstić information content (AvgIpc) is 3.20. The maximum atomic E-state index is 12.5. The summed E-state index contributed by atoms with van der Waals surface area (Å²) in [5.74, 6) is -1.02. The molecule has 8 nitrogen and oxygen atoms in total. The Hall–Kier alpha value is -2.68. The molecule has 2 rings (SSSR count). The van der Waals surface area contributed by atoms with E-state index in [2.05, 4.69) is 10.4 Å². The number of anilines is 1. The van der Waals surface area contributed by atoms with Gasteiger partial charge >= 0.3 is 5.97 Å². The van der Waals surface area contributed by atoms with Crippen molar-refractivity contribution in [3.05, 3.63) is 34.0 Å². The van der Waals surface area contributed by atoms with Crippen LogP contribution in [0.15, 0.2) is 12.4 Å². The highest BCUT2D eigenvalue weighted by molar-refractivity contribution is 7.18. The van der Waals surface area contributed by atoms with Crippen molar-refractivity contribution in [1.82, 2.24) is 14.7 Å². The number of ether oxygens (including phenoxy) is 1. The van der Waals surface area contributed by atoms with E-state index < -0.39 is 5.97 Å². The van der Waals surface area contributed by atoms with Crippen molar-refractivity contribution in [3.8, 4) is 0 Å². The molecule has 28 heavy (non-hydrogen) atoms. The minimum atomic E-state index is -0.536.